The van der Waals surface area contributed by atoms with E-state index in [1.807, 2.05) is 18.2 Å². The number of rotatable bonds is 4. The third-order valence-corrected chi connectivity index (χ3v) is 6.95. The topological polar surface area (TPSA) is 90.5 Å². The van der Waals surface area contributed by atoms with Crippen LogP contribution in [0.2, 0.25) is 0 Å². The Balaban J connectivity index is 1.31. The Labute approximate surface area is 164 Å². The second-order valence-corrected chi connectivity index (χ2v) is 8.50. The van der Waals surface area contributed by atoms with Crippen molar-refractivity contribution in [1.82, 2.24) is 20.9 Å². The molecule has 148 valence electrons. The van der Waals surface area contributed by atoms with Gasteiger partial charge in [0.15, 0.2) is 0 Å². The van der Waals surface area contributed by atoms with Crippen molar-refractivity contribution < 1.29 is 14.4 Å². The second-order valence-electron chi connectivity index (χ2n) is 8.50. The molecule has 0 radical (unpaired) electrons. The normalized spacial score (nSPS) is 31.9. The minimum atomic E-state index is -0.557. The number of hydrogen-bond donors (Lipinski definition) is 3. The van der Waals surface area contributed by atoms with Crippen LogP contribution in [0.1, 0.15) is 47.2 Å². The lowest BCUT2D eigenvalue weighted by atomic mass is 9.97. The minimum absolute atomic E-state index is 0.0891. The van der Waals surface area contributed by atoms with E-state index in [4.69, 9.17) is 0 Å². The zero-order valence-electron chi connectivity index (χ0n) is 15.9. The van der Waals surface area contributed by atoms with Crippen molar-refractivity contribution in [1.29, 1.82) is 0 Å². The summed E-state index contributed by atoms with van der Waals surface area (Å²) < 4.78 is 0. The highest BCUT2D eigenvalue weighted by Gasteiger charge is 2.41. The fraction of sp³-hybridized carbons (Fsp3) is 0.571. The summed E-state index contributed by atoms with van der Waals surface area (Å²) in [7, 11) is 0. The molecular formula is C21H26N4O3. The zero-order chi connectivity index (χ0) is 19.3. The highest BCUT2D eigenvalue weighted by molar-refractivity contribution is 6.05. The molecule has 4 atom stereocenters. The average Bonchev–Trinajstić information content (AvgIpc) is 3.36. The number of nitrogens with one attached hydrogen (secondary N) is 3. The molecule has 28 heavy (non-hydrogen) atoms. The van der Waals surface area contributed by atoms with Crippen LogP contribution in [0.5, 0.6) is 0 Å². The van der Waals surface area contributed by atoms with Crippen LogP contribution in [-0.2, 0) is 22.7 Å². The van der Waals surface area contributed by atoms with Gasteiger partial charge in [-0.05, 0) is 55.3 Å². The maximum absolute atomic E-state index is 13.1. The number of amides is 3. The molecule has 7 nitrogen and oxygen atoms in total. The van der Waals surface area contributed by atoms with Gasteiger partial charge < -0.3 is 15.5 Å². The molecule has 3 fully saturated rings. The zero-order valence-corrected chi connectivity index (χ0v) is 15.9. The lowest BCUT2D eigenvalue weighted by molar-refractivity contribution is -0.136. The molecule has 4 aliphatic rings. The molecule has 7 heteroatoms. The summed E-state index contributed by atoms with van der Waals surface area (Å²) in [5, 5.41) is 9.54. The lowest BCUT2D eigenvalue weighted by Gasteiger charge is -2.29. The van der Waals surface area contributed by atoms with E-state index in [1.165, 1.54) is 12.8 Å². The number of carbonyl (C=O) groups excluding carboxylic acids is 3. The standard InChI is InChI=1S/C21H26N4O3/c26-18-7-6-17(20(27)24-18)25-11-14-3-1-2-13(19(14)21(25)28)9-23-16-5-4-12-8-22-10-15(12)16/h1-3,12,15-17,22-23H,4-11H2,(H,24,26,27). The summed E-state index contributed by atoms with van der Waals surface area (Å²) in [5.41, 5.74) is 2.71. The Morgan fingerprint density at radius 1 is 1.11 bits per heavy atom. The number of piperidine rings is 1. The summed E-state index contributed by atoms with van der Waals surface area (Å²) in [6.07, 6.45) is 3.15. The van der Waals surface area contributed by atoms with Gasteiger partial charge in [0.05, 0.1) is 0 Å². The molecule has 1 aromatic carbocycles. The summed E-state index contributed by atoms with van der Waals surface area (Å²) in [6, 6.07) is 5.91. The van der Waals surface area contributed by atoms with Crippen molar-refractivity contribution >= 4 is 17.7 Å². The molecule has 2 saturated heterocycles. The van der Waals surface area contributed by atoms with Crippen LogP contribution in [0.3, 0.4) is 0 Å². The van der Waals surface area contributed by atoms with Crippen LogP contribution in [0.4, 0.5) is 0 Å². The first-order chi connectivity index (χ1) is 13.6. The number of imide groups is 1. The van der Waals surface area contributed by atoms with Gasteiger partial charge in [-0.3, -0.25) is 19.7 Å². The molecule has 4 unspecified atom stereocenters. The smallest absolute Gasteiger partial charge is 0.255 e. The average molecular weight is 382 g/mol. The Morgan fingerprint density at radius 2 is 2.00 bits per heavy atom. The Hall–Kier alpha value is -2.25. The van der Waals surface area contributed by atoms with Crippen molar-refractivity contribution in [2.45, 2.75) is 50.9 Å². The van der Waals surface area contributed by atoms with Gasteiger partial charge in [-0.1, -0.05) is 18.2 Å². The predicted molar refractivity (Wildman–Crippen MR) is 102 cm³/mol. The molecule has 1 aromatic rings. The molecule has 1 aliphatic carbocycles. The van der Waals surface area contributed by atoms with Gasteiger partial charge in [0.1, 0.15) is 6.04 Å². The predicted octanol–water partition coefficient (Wildman–Crippen LogP) is 0.535. The third-order valence-electron chi connectivity index (χ3n) is 6.95. The van der Waals surface area contributed by atoms with Crippen molar-refractivity contribution in [3.8, 4) is 0 Å². The van der Waals surface area contributed by atoms with Crippen LogP contribution in [0.15, 0.2) is 18.2 Å². The number of benzene rings is 1. The Kier molecular flexibility index (Phi) is 4.44. The van der Waals surface area contributed by atoms with E-state index >= 15 is 0 Å². The molecule has 0 aromatic heterocycles. The molecule has 3 N–H and O–H groups in total. The van der Waals surface area contributed by atoms with Crippen molar-refractivity contribution in [2.75, 3.05) is 13.1 Å². The largest absolute Gasteiger partial charge is 0.322 e. The van der Waals surface area contributed by atoms with Crippen LogP contribution < -0.4 is 16.0 Å². The van der Waals surface area contributed by atoms with E-state index in [9.17, 15) is 14.4 Å². The first kappa shape index (κ1) is 17.8. The van der Waals surface area contributed by atoms with Crippen LogP contribution in [0.25, 0.3) is 0 Å². The second kappa shape index (κ2) is 6.97. The summed E-state index contributed by atoms with van der Waals surface area (Å²) in [6.45, 7) is 3.32. The number of nitrogens with zero attached hydrogens (tertiary/aromatic N) is 1. The van der Waals surface area contributed by atoms with Crippen LogP contribution in [0, 0.1) is 11.8 Å². The summed E-state index contributed by atoms with van der Waals surface area (Å²) in [5.74, 6) is 0.763. The molecule has 1 saturated carbocycles. The lowest BCUT2D eigenvalue weighted by Crippen LogP contribution is -2.52. The molecular weight excluding hydrogens is 356 g/mol. The third kappa shape index (κ3) is 2.93. The molecule has 3 aliphatic heterocycles. The SMILES string of the molecule is O=C1CCC(N2Cc3cccc(CNC4CCC5CNCC54)c3C2=O)C(=O)N1. The first-order valence-electron chi connectivity index (χ1n) is 10.3. The highest BCUT2D eigenvalue weighted by Crippen LogP contribution is 2.35. The van der Waals surface area contributed by atoms with E-state index in [1.54, 1.807) is 4.90 Å². The number of fused-ring (bicyclic) bond motifs is 2. The van der Waals surface area contributed by atoms with Crippen LogP contribution in [-0.4, -0.2) is 47.8 Å². The maximum Gasteiger partial charge on any atom is 0.255 e. The van der Waals surface area contributed by atoms with Gasteiger partial charge in [0, 0.05) is 31.1 Å². The van der Waals surface area contributed by atoms with Crippen LogP contribution >= 0.6 is 0 Å². The molecule has 3 heterocycles. The van der Waals surface area contributed by atoms with E-state index in [0.717, 1.165) is 35.7 Å². The Morgan fingerprint density at radius 3 is 2.86 bits per heavy atom. The fourth-order valence-electron chi connectivity index (χ4n) is 5.48. The minimum Gasteiger partial charge on any atom is -0.322 e. The van der Waals surface area contributed by atoms with E-state index < -0.39 is 6.04 Å². The van der Waals surface area contributed by atoms with Gasteiger partial charge in [-0.2, -0.15) is 0 Å². The van der Waals surface area contributed by atoms with Crippen molar-refractivity contribution in [2.24, 2.45) is 11.8 Å². The van der Waals surface area contributed by atoms with Gasteiger partial charge in [-0.25, -0.2) is 0 Å². The van der Waals surface area contributed by atoms with E-state index in [0.29, 0.717) is 31.5 Å². The van der Waals surface area contributed by atoms with E-state index in [-0.39, 0.29) is 24.1 Å². The van der Waals surface area contributed by atoms with Crippen molar-refractivity contribution in [3.05, 3.63) is 34.9 Å². The van der Waals surface area contributed by atoms with Gasteiger partial charge in [0.2, 0.25) is 11.8 Å². The van der Waals surface area contributed by atoms with Gasteiger partial charge in [-0.15, -0.1) is 0 Å². The number of hydrogen-bond acceptors (Lipinski definition) is 5. The highest BCUT2D eigenvalue weighted by atomic mass is 16.2. The Bertz CT molecular complexity index is 839. The number of carbonyl (C=O) groups is 3. The monoisotopic (exact) mass is 382 g/mol. The van der Waals surface area contributed by atoms with Crippen molar-refractivity contribution in [3.63, 3.8) is 0 Å². The quantitative estimate of drug-likeness (QED) is 0.661. The molecule has 0 bridgehead atoms. The molecule has 3 amide bonds. The summed E-state index contributed by atoms with van der Waals surface area (Å²) in [4.78, 5) is 38.4. The maximum atomic E-state index is 13.1. The first-order valence-corrected chi connectivity index (χ1v) is 10.3. The molecule has 0 spiro atoms. The molecule has 5 rings (SSSR count). The fourth-order valence-corrected chi connectivity index (χ4v) is 5.48. The van der Waals surface area contributed by atoms with Gasteiger partial charge in [0.25, 0.3) is 5.91 Å². The van der Waals surface area contributed by atoms with Gasteiger partial charge >= 0.3 is 0 Å². The van der Waals surface area contributed by atoms with E-state index in [2.05, 4.69) is 16.0 Å². The summed E-state index contributed by atoms with van der Waals surface area (Å²) >= 11 is 0.